The van der Waals surface area contributed by atoms with Crippen LogP contribution in [0.1, 0.15) is 26.2 Å². The van der Waals surface area contributed by atoms with E-state index in [1.807, 2.05) is 0 Å². The molecular weight excluding hydrogens is 408 g/mol. The number of ether oxygens (including phenoxy) is 1. The van der Waals surface area contributed by atoms with Gasteiger partial charge in [-0.15, -0.1) is 0 Å². The minimum Gasteiger partial charge on any atom is -0.421 e. The first-order valence-electron chi connectivity index (χ1n) is 9.80. The highest BCUT2D eigenvalue weighted by Crippen LogP contribution is 2.26. The van der Waals surface area contributed by atoms with Crippen molar-refractivity contribution in [3.05, 3.63) is 12.2 Å². The summed E-state index contributed by atoms with van der Waals surface area (Å²) in [4.78, 5) is 24.2. The van der Waals surface area contributed by atoms with Crippen molar-refractivity contribution in [1.29, 1.82) is 0 Å². The van der Waals surface area contributed by atoms with Gasteiger partial charge in [-0.3, -0.25) is 0 Å². The third-order valence-electron chi connectivity index (χ3n) is 4.68. The quantitative estimate of drug-likeness (QED) is 0.157. The summed E-state index contributed by atoms with van der Waals surface area (Å²) in [5.74, 6) is -2.01. The van der Waals surface area contributed by atoms with Gasteiger partial charge in [0.05, 0.1) is 13.7 Å². The van der Waals surface area contributed by atoms with Gasteiger partial charge in [-0.25, -0.2) is 9.59 Å². The molecule has 6 nitrogen and oxygen atoms in total. The van der Waals surface area contributed by atoms with E-state index in [1.165, 1.54) is 6.92 Å². The second-order valence-electron chi connectivity index (χ2n) is 9.75. The first kappa shape index (κ1) is 27.4. The summed E-state index contributed by atoms with van der Waals surface area (Å²) in [7, 11) is -3.72. The standard InChI is InChI=1S/C19H39O6Si3/c1-15(2)17(21)25-18(22)19(23,16(20)11-14-27(4,5)6)12-10-13-24-26(3)28(7,8)9/h16,20,23H,1,10-14H2,2-9H3. The lowest BCUT2D eigenvalue weighted by atomic mass is 9.89. The molecular formula is C19H39O6Si3. The Bertz CT molecular complexity index is 553. The van der Waals surface area contributed by atoms with E-state index in [0.717, 1.165) is 6.04 Å². The Labute approximate surface area is 173 Å². The van der Waals surface area contributed by atoms with Crippen LogP contribution < -0.4 is 0 Å². The van der Waals surface area contributed by atoms with Crippen molar-refractivity contribution in [3.63, 3.8) is 0 Å². The molecule has 0 heterocycles. The van der Waals surface area contributed by atoms with Crippen molar-refractivity contribution in [2.75, 3.05) is 6.61 Å². The number of esters is 2. The smallest absolute Gasteiger partial charge is 0.348 e. The normalized spacial score (nSPS) is 15.8. The molecule has 2 atom stereocenters. The number of hydrogen-bond acceptors (Lipinski definition) is 6. The fourth-order valence-corrected chi connectivity index (χ4v) is 5.88. The van der Waals surface area contributed by atoms with Crippen LogP contribution in [0.2, 0.25) is 51.9 Å². The Morgan fingerprint density at radius 2 is 1.71 bits per heavy atom. The van der Waals surface area contributed by atoms with Crippen LogP contribution >= 0.6 is 0 Å². The Balaban J connectivity index is 5.13. The van der Waals surface area contributed by atoms with E-state index in [9.17, 15) is 19.8 Å². The van der Waals surface area contributed by atoms with Gasteiger partial charge in [-0.1, -0.05) is 51.9 Å². The van der Waals surface area contributed by atoms with Crippen LogP contribution in [0.3, 0.4) is 0 Å². The summed E-state index contributed by atoms with van der Waals surface area (Å²) in [6.07, 6.45) is -0.652. The van der Waals surface area contributed by atoms with Crippen molar-refractivity contribution in [2.24, 2.45) is 0 Å². The van der Waals surface area contributed by atoms with E-state index in [4.69, 9.17) is 9.16 Å². The topological polar surface area (TPSA) is 93.1 Å². The summed E-state index contributed by atoms with van der Waals surface area (Å²) < 4.78 is 10.7. The van der Waals surface area contributed by atoms with E-state index in [0.29, 0.717) is 13.0 Å². The second kappa shape index (κ2) is 11.0. The van der Waals surface area contributed by atoms with Crippen LogP contribution in [0.15, 0.2) is 12.2 Å². The molecule has 0 aliphatic heterocycles. The summed E-state index contributed by atoms with van der Waals surface area (Å²) in [5, 5.41) is 21.6. The molecule has 0 fully saturated rings. The zero-order valence-electron chi connectivity index (χ0n) is 18.8. The molecule has 0 saturated heterocycles. The molecule has 0 bridgehead atoms. The third kappa shape index (κ3) is 9.75. The maximum atomic E-state index is 12.5. The second-order valence-corrected chi connectivity index (χ2v) is 27.9. The molecule has 28 heavy (non-hydrogen) atoms. The monoisotopic (exact) mass is 447 g/mol. The average molecular weight is 448 g/mol. The van der Waals surface area contributed by atoms with E-state index in [1.54, 1.807) is 0 Å². The highest BCUT2D eigenvalue weighted by Gasteiger charge is 2.45. The van der Waals surface area contributed by atoms with E-state index < -0.39 is 47.9 Å². The van der Waals surface area contributed by atoms with Crippen LogP contribution in [0.25, 0.3) is 0 Å². The number of aliphatic hydroxyl groups is 2. The predicted molar refractivity (Wildman–Crippen MR) is 120 cm³/mol. The van der Waals surface area contributed by atoms with Crippen LogP contribution in [-0.4, -0.2) is 64.7 Å². The zero-order chi connectivity index (χ0) is 22.3. The van der Waals surface area contributed by atoms with Crippen LogP contribution in [0.4, 0.5) is 0 Å². The lowest BCUT2D eigenvalue weighted by Gasteiger charge is -2.32. The SMILES string of the molecule is C=C(C)C(=O)OC(=O)C(O)(CCCO[Si](C)[Si](C)(C)C)C(O)CC[Si](C)(C)C. The Kier molecular flexibility index (Phi) is 10.7. The Morgan fingerprint density at radius 3 is 2.14 bits per heavy atom. The van der Waals surface area contributed by atoms with Gasteiger partial charge in [-0.05, 0) is 32.7 Å². The highest BCUT2D eigenvalue weighted by atomic mass is 29.2. The van der Waals surface area contributed by atoms with Gasteiger partial charge in [0, 0.05) is 20.3 Å². The van der Waals surface area contributed by atoms with Gasteiger partial charge >= 0.3 is 11.9 Å². The average Bonchev–Trinajstić information content (AvgIpc) is 2.53. The molecule has 2 unspecified atom stereocenters. The summed E-state index contributed by atoms with van der Waals surface area (Å²) in [5.41, 5.74) is -2.07. The molecule has 0 spiro atoms. The maximum Gasteiger partial charge on any atom is 0.348 e. The van der Waals surface area contributed by atoms with Crippen LogP contribution in [-0.2, 0) is 18.8 Å². The minimum atomic E-state index is -2.13. The van der Waals surface area contributed by atoms with Crippen molar-refractivity contribution in [2.45, 2.75) is 89.8 Å². The molecule has 0 amide bonds. The molecule has 1 radical (unpaired) electrons. The number of carbonyl (C=O) groups excluding carboxylic acids is 2. The van der Waals surface area contributed by atoms with Crippen LogP contribution in [0.5, 0.6) is 0 Å². The minimum absolute atomic E-state index is 0.0248. The molecule has 2 N–H and O–H groups in total. The molecule has 0 aliphatic rings. The van der Waals surface area contributed by atoms with Gasteiger partial charge in [0.25, 0.3) is 0 Å². The molecule has 0 rings (SSSR count). The van der Waals surface area contributed by atoms with Crippen molar-refractivity contribution < 1.29 is 29.0 Å². The van der Waals surface area contributed by atoms with E-state index in [2.05, 4.69) is 52.4 Å². The van der Waals surface area contributed by atoms with E-state index >= 15 is 0 Å². The van der Waals surface area contributed by atoms with E-state index in [-0.39, 0.29) is 18.4 Å². The largest absolute Gasteiger partial charge is 0.421 e. The Morgan fingerprint density at radius 1 is 1.18 bits per heavy atom. The maximum absolute atomic E-state index is 12.5. The summed E-state index contributed by atoms with van der Waals surface area (Å²) >= 11 is 0. The number of carbonyl (C=O) groups is 2. The Hall–Kier alpha value is -0.589. The lowest BCUT2D eigenvalue weighted by Crippen LogP contribution is -2.52. The summed E-state index contributed by atoms with van der Waals surface area (Å²) in [6.45, 7) is 20.6. The summed E-state index contributed by atoms with van der Waals surface area (Å²) in [6, 6.07) is 0.742. The van der Waals surface area contributed by atoms with Gasteiger partial charge in [-0.2, -0.15) is 0 Å². The van der Waals surface area contributed by atoms with Gasteiger partial charge in [0.2, 0.25) is 0 Å². The molecule has 0 aliphatic carbocycles. The highest BCUT2D eigenvalue weighted by molar-refractivity contribution is 7.28. The fraction of sp³-hybridized carbons (Fsp3) is 0.789. The van der Waals surface area contributed by atoms with Gasteiger partial charge < -0.3 is 19.4 Å². The molecule has 0 aromatic heterocycles. The molecule has 0 aromatic rings. The van der Waals surface area contributed by atoms with Crippen LogP contribution in [0, 0.1) is 0 Å². The molecule has 9 heteroatoms. The first-order chi connectivity index (χ1) is 12.5. The molecule has 163 valence electrons. The number of hydrogen-bond donors (Lipinski definition) is 2. The predicted octanol–water partition coefficient (Wildman–Crippen LogP) is 3.29. The van der Waals surface area contributed by atoms with Crippen molar-refractivity contribution in [3.8, 4) is 0 Å². The lowest BCUT2D eigenvalue weighted by molar-refractivity contribution is -0.183. The van der Waals surface area contributed by atoms with Gasteiger partial charge in [0.15, 0.2) is 14.2 Å². The molecule has 0 aromatic carbocycles. The van der Waals surface area contributed by atoms with Gasteiger partial charge in [0.1, 0.15) is 0 Å². The molecule has 0 saturated carbocycles. The first-order valence-corrected chi connectivity index (χ1v) is 19.9. The zero-order valence-corrected chi connectivity index (χ0v) is 21.8. The van der Waals surface area contributed by atoms with Crippen molar-refractivity contribution in [1.82, 2.24) is 0 Å². The number of rotatable bonds is 12. The van der Waals surface area contributed by atoms with Crippen molar-refractivity contribution >= 4 is 36.2 Å². The fourth-order valence-electron chi connectivity index (χ4n) is 2.26. The number of aliphatic hydroxyl groups excluding tert-OH is 1. The third-order valence-corrected chi connectivity index (χ3v) is 16.0.